The van der Waals surface area contributed by atoms with Crippen molar-refractivity contribution < 1.29 is 74.1 Å². The average molecular weight is 625 g/mol. The van der Waals surface area contributed by atoms with E-state index in [-0.39, 0.29) is 28.4 Å². The van der Waals surface area contributed by atoms with Crippen molar-refractivity contribution in [1.82, 2.24) is 0 Å². The van der Waals surface area contributed by atoms with Crippen LogP contribution in [0.5, 0.6) is 28.7 Å². The molecule has 0 bridgehead atoms. The van der Waals surface area contributed by atoms with Crippen molar-refractivity contribution in [3.8, 4) is 40.1 Å². The fraction of sp³-hybridized carbons (Fsp3) is 0.464. The number of hydrogen-bond acceptors (Lipinski definition) is 16. The van der Waals surface area contributed by atoms with Crippen molar-refractivity contribution in [2.75, 3.05) is 13.7 Å². The Kier molecular flexibility index (Phi) is 8.90. The third-order valence-electron chi connectivity index (χ3n) is 7.52. The number of fused-ring (bicyclic) bond motifs is 1. The number of phenols is 3. The summed E-state index contributed by atoms with van der Waals surface area (Å²) in [6, 6.07) is 5.81. The number of hydrogen-bond donors (Lipinski definition) is 9. The summed E-state index contributed by atoms with van der Waals surface area (Å²) in [5.41, 5.74) is -1.15. The summed E-state index contributed by atoms with van der Waals surface area (Å²) in [5.74, 6) is -2.34. The molecule has 2 fully saturated rings. The minimum absolute atomic E-state index is 0.0257. The van der Waals surface area contributed by atoms with Gasteiger partial charge in [-0.15, -0.1) is 0 Å². The summed E-state index contributed by atoms with van der Waals surface area (Å²) in [6.45, 7) is 0.570. The standard InChI is InChI=1S/C28H32O16/c1-9-18(33)21(36)23(38)27(40-9)44-26-22(37)19(34)16(8-29)42-28(26)43-25-20(35)17-13(32)6-11(30)7-15(17)41-24(25)10-3-4-12(31)14(5-10)39-2/h3-7,9,16,18-19,21-23,26-34,36-38H,8H2,1-2H3/t9-,16?,18?,19+,21?,22-,23+,26+,27-,28?/m0/s1. The molecule has 44 heavy (non-hydrogen) atoms. The van der Waals surface area contributed by atoms with Crippen LogP contribution in [0.2, 0.25) is 0 Å². The van der Waals surface area contributed by atoms with Gasteiger partial charge < -0.3 is 74.1 Å². The van der Waals surface area contributed by atoms with E-state index in [0.29, 0.717) is 0 Å². The van der Waals surface area contributed by atoms with E-state index >= 15 is 0 Å². The van der Waals surface area contributed by atoms with Gasteiger partial charge >= 0.3 is 0 Å². The van der Waals surface area contributed by atoms with Gasteiger partial charge in [-0.1, -0.05) is 0 Å². The van der Waals surface area contributed by atoms with Gasteiger partial charge in [0.1, 0.15) is 59.1 Å². The average Bonchev–Trinajstić information content (AvgIpc) is 2.99. The Hall–Kier alpha value is -3.71. The number of phenolic OH excluding ortho intramolecular Hbond substituents is 3. The molecular formula is C28H32O16. The zero-order valence-electron chi connectivity index (χ0n) is 23.3. The van der Waals surface area contributed by atoms with Crippen LogP contribution in [0.3, 0.4) is 0 Å². The molecule has 16 nitrogen and oxygen atoms in total. The van der Waals surface area contributed by atoms with Crippen molar-refractivity contribution in [3.05, 3.63) is 40.6 Å². The summed E-state index contributed by atoms with van der Waals surface area (Å²) in [6.07, 6.45) is -16.5. The van der Waals surface area contributed by atoms with Crippen LogP contribution in [-0.2, 0) is 14.2 Å². The summed E-state index contributed by atoms with van der Waals surface area (Å²) >= 11 is 0. The van der Waals surface area contributed by atoms with E-state index in [9.17, 15) is 50.8 Å². The molecule has 240 valence electrons. The maximum Gasteiger partial charge on any atom is 0.239 e. The van der Waals surface area contributed by atoms with E-state index in [1.54, 1.807) is 0 Å². The van der Waals surface area contributed by atoms with E-state index in [1.807, 2.05) is 0 Å². The molecule has 3 heterocycles. The Morgan fingerprint density at radius 3 is 2.25 bits per heavy atom. The number of methoxy groups -OCH3 is 1. The van der Waals surface area contributed by atoms with Crippen LogP contribution >= 0.6 is 0 Å². The first-order valence-electron chi connectivity index (χ1n) is 13.4. The van der Waals surface area contributed by atoms with Crippen molar-refractivity contribution in [2.24, 2.45) is 0 Å². The Morgan fingerprint density at radius 2 is 1.57 bits per heavy atom. The fourth-order valence-electron chi connectivity index (χ4n) is 5.08. The third-order valence-corrected chi connectivity index (χ3v) is 7.52. The van der Waals surface area contributed by atoms with Crippen LogP contribution in [0.15, 0.2) is 39.5 Å². The van der Waals surface area contributed by atoms with Gasteiger partial charge in [0.05, 0.1) is 19.8 Å². The zero-order valence-corrected chi connectivity index (χ0v) is 23.3. The lowest BCUT2D eigenvalue weighted by Gasteiger charge is -2.45. The monoisotopic (exact) mass is 624 g/mol. The van der Waals surface area contributed by atoms with E-state index in [4.69, 9.17) is 28.1 Å². The molecule has 0 aliphatic carbocycles. The second-order valence-electron chi connectivity index (χ2n) is 10.4. The molecule has 2 aliphatic rings. The van der Waals surface area contributed by atoms with Crippen molar-refractivity contribution in [3.63, 3.8) is 0 Å². The highest BCUT2D eigenvalue weighted by Gasteiger charge is 2.51. The van der Waals surface area contributed by atoms with Crippen molar-refractivity contribution >= 4 is 11.0 Å². The lowest BCUT2D eigenvalue weighted by molar-refractivity contribution is -0.354. The Bertz CT molecular complexity index is 1560. The van der Waals surface area contributed by atoms with Crippen molar-refractivity contribution in [2.45, 2.75) is 68.3 Å². The van der Waals surface area contributed by atoms with E-state index in [0.717, 1.165) is 12.1 Å². The first-order chi connectivity index (χ1) is 20.9. The van der Waals surface area contributed by atoms with Crippen LogP contribution in [0.1, 0.15) is 6.92 Å². The van der Waals surface area contributed by atoms with Crippen molar-refractivity contribution in [1.29, 1.82) is 0 Å². The molecule has 0 spiro atoms. The van der Waals surface area contributed by atoms with Gasteiger partial charge in [0.15, 0.2) is 29.7 Å². The van der Waals surface area contributed by atoms with Gasteiger partial charge in [-0.3, -0.25) is 4.79 Å². The van der Waals surface area contributed by atoms with Crippen LogP contribution in [0, 0.1) is 0 Å². The third kappa shape index (κ3) is 5.63. The highest BCUT2D eigenvalue weighted by Crippen LogP contribution is 2.40. The number of ether oxygens (including phenoxy) is 5. The number of aliphatic hydroxyl groups is 6. The molecule has 9 N–H and O–H groups in total. The van der Waals surface area contributed by atoms with Gasteiger partial charge in [0, 0.05) is 17.7 Å². The molecule has 2 saturated heterocycles. The van der Waals surface area contributed by atoms with Crippen LogP contribution < -0.4 is 14.9 Å². The fourth-order valence-corrected chi connectivity index (χ4v) is 5.08. The Balaban J connectivity index is 1.63. The largest absolute Gasteiger partial charge is 0.508 e. The first-order valence-corrected chi connectivity index (χ1v) is 13.4. The minimum atomic E-state index is -1.89. The zero-order chi connectivity index (χ0) is 32.0. The number of benzene rings is 2. The lowest BCUT2D eigenvalue weighted by Crippen LogP contribution is -2.64. The smallest absolute Gasteiger partial charge is 0.239 e. The molecule has 2 aliphatic heterocycles. The summed E-state index contributed by atoms with van der Waals surface area (Å²) < 4.78 is 33.8. The van der Waals surface area contributed by atoms with Gasteiger partial charge in [0.25, 0.3) is 0 Å². The maximum atomic E-state index is 13.8. The number of aliphatic hydroxyl groups excluding tert-OH is 6. The van der Waals surface area contributed by atoms with E-state index < -0.39 is 96.1 Å². The molecule has 0 radical (unpaired) electrons. The Labute approximate surface area is 248 Å². The predicted octanol–water partition coefficient (Wildman–Crippen LogP) is -1.38. The number of aromatic hydroxyl groups is 3. The van der Waals surface area contributed by atoms with Gasteiger partial charge in [-0.2, -0.15) is 0 Å². The molecule has 3 aromatic rings. The van der Waals surface area contributed by atoms with E-state index in [1.165, 1.54) is 32.2 Å². The highest BCUT2D eigenvalue weighted by atomic mass is 16.8. The molecule has 0 amide bonds. The molecule has 16 heteroatoms. The highest BCUT2D eigenvalue weighted by molar-refractivity contribution is 5.88. The van der Waals surface area contributed by atoms with Crippen LogP contribution in [0.25, 0.3) is 22.3 Å². The second-order valence-corrected chi connectivity index (χ2v) is 10.4. The van der Waals surface area contributed by atoms with Gasteiger partial charge in [-0.05, 0) is 25.1 Å². The summed E-state index contributed by atoms with van der Waals surface area (Å²) in [7, 11) is 1.28. The summed E-state index contributed by atoms with van der Waals surface area (Å²) in [4.78, 5) is 13.8. The molecule has 4 unspecified atom stereocenters. The van der Waals surface area contributed by atoms with Gasteiger partial charge in [-0.25, -0.2) is 0 Å². The minimum Gasteiger partial charge on any atom is -0.508 e. The van der Waals surface area contributed by atoms with Gasteiger partial charge in [0.2, 0.25) is 17.5 Å². The van der Waals surface area contributed by atoms with Crippen LogP contribution in [-0.4, -0.2) is 121 Å². The summed E-state index contributed by atoms with van der Waals surface area (Å²) in [5, 5.41) is 92.3. The molecular weight excluding hydrogens is 592 g/mol. The topological polar surface area (TPSA) is 258 Å². The number of rotatable bonds is 7. The second kappa shape index (κ2) is 12.4. The molecule has 2 aromatic carbocycles. The SMILES string of the molecule is COc1cc(-c2oc3cc(O)cc(O)c3c(=O)c2OC2OC(CO)[C@@H](O)[C@H](O)[C@H]2O[C@@H]2O[C@@H](C)C(O)C(O)[C@H]2O)ccc1O. The first kappa shape index (κ1) is 31.7. The van der Waals surface area contributed by atoms with E-state index in [2.05, 4.69) is 0 Å². The predicted molar refractivity (Wildman–Crippen MR) is 145 cm³/mol. The molecule has 10 atom stereocenters. The molecule has 1 aromatic heterocycles. The van der Waals surface area contributed by atoms with Crippen LogP contribution in [0.4, 0.5) is 0 Å². The lowest BCUT2D eigenvalue weighted by atomic mass is 9.97. The molecule has 0 saturated carbocycles. The molecule has 5 rings (SSSR count). The maximum absolute atomic E-state index is 13.8. The normalized spacial score (nSPS) is 32.5. The Morgan fingerprint density at radius 1 is 0.841 bits per heavy atom. The quantitative estimate of drug-likeness (QED) is 0.147.